The Morgan fingerprint density at radius 2 is 2.25 bits per heavy atom. The largest absolute Gasteiger partial charge is 0.370 e. The lowest BCUT2D eigenvalue weighted by atomic mass is 10.2. The summed E-state index contributed by atoms with van der Waals surface area (Å²) in [6.07, 6.45) is 0. The standard InChI is InChI=1S/C11H19N5/c1-7(2)5-13-11(12)14-6-10-8(3)15-16-9(10)4/h1,5-6H2,2-4H3,(H,15,16)(H3,12,13,14). The average Bonchev–Trinajstić information content (AvgIpc) is 2.53. The number of aryl methyl sites for hydroxylation is 2. The van der Waals surface area contributed by atoms with E-state index in [1.54, 1.807) is 0 Å². The van der Waals surface area contributed by atoms with Crippen molar-refractivity contribution in [3.8, 4) is 0 Å². The predicted molar refractivity (Wildman–Crippen MR) is 66.2 cm³/mol. The molecule has 0 saturated heterocycles. The zero-order valence-corrected chi connectivity index (χ0v) is 10.1. The van der Waals surface area contributed by atoms with E-state index in [9.17, 15) is 0 Å². The number of aliphatic imine (C=N–C) groups is 1. The van der Waals surface area contributed by atoms with Crippen LogP contribution in [0.1, 0.15) is 23.9 Å². The van der Waals surface area contributed by atoms with E-state index < -0.39 is 0 Å². The Kier molecular flexibility index (Phi) is 4.10. The van der Waals surface area contributed by atoms with Crippen LogP contribution >= 0.6 is 0 Å². The average molecular weight is 221 g/mol. The molecule has 0 aliphatic carbocycles. The van der Waals surface area contributed by atoms with Gasteiger partial charge >= 0.3 is 0 Å². The molecule has 0 atom stereocenters. The SMILES string of the molecule is C=C(C)CNC(N)=NCc1c(C)n[nH]c1C. The zero-order valence-electron chi connectivity index (χ0n) is 10.1. The van der Waals surface area contributed by atoms with Crippen LogP contribution in [0.25, 0.3) is 0 Å². The molecule has 5 heteroatoms. The maximum absolute atomic E-state index is 5.71. The lowest BCUT2D eigenvalue weighted by Crippen LogP contribution is -2.32. The molecule has 0 amide bonds. The van der Waals surface area contributed by atoms with Gasteiger partial charge in [-0.1, -0.05) is 12.2 Å². The van der Waals surface area contributed by atoms with Gasteiger partial charge in [-0.05, 0) is 20.8 Å². The van der Waals surface area contributed by atoms with Crippen molar-refractivity contribution in [3.05, 3.63) is 29.1 Å². The van der Waals surface area contributed by atoms with Crippen LogP contribution in [-0.4, -0.2) is 22.7 Å². The molecule has 5 nitrogen and oxygen atoms in total. The maximum atomic E-state index is 5.71. The van der Waals surface area contributed by atoms with Crippen molar-refractivity contribution < 1.29 is 0 Å². The molecule has 1 rings (SSSR count). The van der Waals surface area contributed by atoms with Crippen molar-refractivity contribution in [1.29, 1.82) is 0 Å². The first-order chi connectivity index (χ1) is 7.50. The summed E-state index contributed by atoms with van der Waals surface area (Å²) >= 11 is 0. The minimum absolute atomic E-state index is 0.433. The molecule has 1 aromatic heterocycles. The quantitative estimate of drug-likeness (QED) is 0.403. The molecular weight excluding hydrogens is 202 g/mol. The normalized spacial score (nSPS) is 11.6. The second-order valence-electron chi connectivity index (χ2n) is 3.92. The smallest absolute Gasteiger partial charge is 0.189 e. The van der Waals surface area contributed by atoms with E-state index in [1.165, 1.54) is 0 Å². The molecule has 4 N–H and O–H groups in total. The predicted octanol–water partition coefficient (Wildman–Crippen LogP) is 1.01. The van der Waals surface area contributed by atoms with Crippen LogP contribution < -0.4 is 11.1 Å². The second-order valence-corrected chi connectivity index (χ2v) is 3.92. The third-order valence-corrected chi connectivity index (χ3v) is 2.26. The van der Waals surface area contributed by atoms with E-state index in [0.717, 1.165) is 22.5 Å². The van der Waals surface area contributed by atoms with E-state index >= 15 is 0 Å². The summed E-state index contributed by atoms with van der Waals surface area (Å²) in [6, 6.07) is 0. The van der Waals surface area contributed by atoms with Crippen LogP contribution in [0.2, 0.25) is 0 Å². The van der Waals surface area contributed by atoms with Crippen molar-refractivity contribution in [1.82, 2.24) is 15.5 Å². The van der Waals surface area contributed by atoms with Crippen molar-refractivity contribution in [2.45, 2.75) is 27.3 Å². The summed E-state index contributed by atoms with van der Waals surface area (Å²) in [5.74, 6) is 0.433. The molecule has 0 fully saturated rings. The second kappa shape index (κ2) is 5.34. The van der Waals surface area contributed by atoms with Crippen molar-refractivity contribution in [2.24, 2.45) is 10.7 Å². The van der Waals surface area contributed by atoms with Gasteiger partial charge in [0.15, 0.2) is 5.96 Å². The summed E-state index contributed by atoms with van der Waals surface area (Å²) in [4.78, 5) is 4.24. The zero-order chi connectivity index (χ0) is 12.1. The molecule has 0 aromatic carbocycles. The molecular formula is C11H19N5. The van der Waals surface area contributed by atoms with Gasteiger partial charge < -0.3 is 11.1 Å². The van der Waals surface area contributed by atoms with Crippen LogP contribution in [0, 0.1) is 13.8 Å². The minimum atomic E-state index is 0.433. The topological polar surface area (TPSA) is 79.1 Å². The van der Waals surface area contributed by atoms with Gasteiger partial charge in [0, 0.05) is 17.8 Å². The first-order valence-corrected chi connectivity index (χ1v) is 5.19. The lowest BCUT2D eigenvalue weighted by Gasteiger charge is -2.04. The number of nitrogens with zero attached hydrogens (tertiary/aromatic N) is 2. The molecule has 0 aliphatic heterocycles. The summed E-state index contributed by atoms with van der Waals surface area (Å²) in [5.41, 5.74) is 9.83. The fourth-order valence-electron chi connectivity index (χ4n) is 1.27. The molecule has 0 unspecified atom stereocenters. The number of H-pyrrole nitrogens is 1. The van der Waals surface area contributed by atoms with E-state index in [4.69, 9.17) is 5.73 Å². The molecule has 0 radical (unpaired) electrons. The van der Waals surface area contributed by atoms with Crippen LogP contribution in [0.5, 0.6) is 0 Å². The number of hydrogen-bond donors (Lipinski definition) is 3. The lowest BCUT2D eigenvalue weighted by molar-refractivity contribution is 0.934. The fourth-order valence-corrected chi connectivity index (χ4v) is 1.27. The molecule has 0 saturated carbocycles. The summed E-state index contributed by atoms with van der Waals surface area (Å²) in [5, 5.41) is 10.00. The number of nitrogens with one attached hydrogen (secondary N) is 2. The Hall–Kier alpha value is -1.78. The number of hydrogen-bond acceptors (Lipinski definition) is 2. The van der Waals surface area contributed by atoms with Gasteiger partial charge in [0.05, 0.1) is 12.2 Å². The molecule has 0 aliphatic rings. The highest BCUT2D eigenvalue weighted by Gasteiger charge is 2.04. The Bertz CT molecular complexity index is 383. The van der Waals surface area contributed by atoms with Gasteiger partial charge in [0.2, 0.25) is 0 Å². The van der Waals surface area contributed by atoms with Crippen LogP contribution in [0.4, 0.5) is 0 Å². The van der Waals surface area contributed by atoms with E-state index in [-0.39, 0.29) is 0 Å². The summed E-state index contributed by atoms with van der Waals surface area (Å²) in [7, 11) is 0. The van der Waals surface area contributed by atoms with E-state index in [2.05, 4.69) is 27.1 Å². The maximum Gasteiger partial charge on any atom is 0.189 e. The van der Waals surface area contributed by atoms with E-state index in [1.807, 2.05) is 20.8 Å². The molecule has 88 valence electrons. The monoisotopic (exact) mass is 221 g/mol. The Morgan fingerprint density at radius 3 is 2.75 bits per heavy atom. The molecule has 0 bridgehead atoms. The highest BCUT2D eigenvalue weighted by atomic mass is 15.1. The van der Waals surface area contributed by atoms with Crippen LogP contribution in [0.3, 0.4) is 0 Å². The van der Waals surface area contributed by atoms with Gasteiger partial charge in [-0.2, -0.15) is 5.10 Å². The van der Waals surface area contributed by atoms with Gasteiger partial charge in [0.1, 0.15) is 0 Å². The van der Waals surface area contributed by atoms with Crippen LogP contribution in [0.15, 0.2) is 17.1 Å². The van der Waals surface area contributed by atoms with Crippen LogP contribution in [-0.2, 0) is 6.54 Å². The molecule has 16 heavy (non-hydrogen) atoms. The Balaban J connectivity index is 2.55. The van der Waals surface area contributed by atoms with Crippen molar-refractivity contribution in [2.75, 3.05) is 6.54 Å². The van der Waals surface area contributed by atoms with E-state index in [0.29, 0.717) is 19.0 Å². The first kappa shape index (κ1) is 12.3. The van der Waals surface area contributed by atoms with Crippen molar-refractivity contribution >= 4 is 5.96 Å². The Labute approximate surface area is 95.8 Å². The third-order valence-electron chi connectivity index (χ3n) is 2.26. The summed E-state index contributed by atoms with van der Waals surface area (Å²) < 4.78 is 0. The fraction of sp³-hybridized carbons (Fsp3) is 0.455. The molecule has 0 spiro atoms. The van der Waals surface area contributed by atoms with Gasteiger partial charge in [0.25, 0.3) is 0 Å². The Morgan fingerprint density at radius 1 is 1.56 bits per heavy atom. The summed E-state index contributed by atoms with van der Waals surface area (Å²) in [6.45, 7) is 10.8. The number of guanidine groups is 1. The molecule has 1 aromatic rings. The molecule has 1 heterocycles. The number of aromatic amines is 1. The van der Waals surface area contributed by atoms with Gasteiger partial charge in [-0.25, -0.2) is 4.99 Å². The van der Waals surface area contributed by atoms with Crippen molar-refractivity contribution in [3.63, 3.8) is 0 Å². The number of nitrogens with two attached hydrogens (primary N) is 1. The first-order valence-electron chi connectivity index (χ1n) is 5.19. The number of aromatic nitrogens is 2. The third kappa shape index (κ3) is 3.42. The highest BCUT2D eigenvalue weighted by molar-refractivity contribution is 5.78. The highest BCUT2D eigenvalue weighted by Crippen LogP contribution is 2.09. The minimum Gasteiger partial charge on any atom is -0.370 e. The van der Waals surface area contributed by atoms with Gasteiger partial charge in [-0.3, -0.25) is 5.10 Å². The van der Waals surface area contributed by atoms with Gasteiger partial charge in [-0.15, -0.1) is 0 Å². The number of rotatable bonds is 4.